The van der Waals surface area contributed by atoms with Crippen LogP contribution in [-0.4, -0.2) is 15.0 Å². The van der Waals surface area contributed by atoms with Crippen LogP contribution in [0.2, 0.25) is 0 Å². The molecule has 0 aliphatic heterocycles. The van der Waals surface area contributed by atoms with Gasteiger partial charge in [-0.1, -0.05) is 45.0 Å². The van der Waals surface area contributed by atoms with Crippen LogP contribution in [0.1, 0.15) is 44.0 Å². The number of aromatic nitrogens is 3. The second-order valence-electron chi connectivity index (χ2n) is 5.45. The molecule has 26 heavy (non-hydrogen) atoms. The Morgan fingerprint density at radius 2 is 1.54 bits per heavy atom. The Balaban J connectivity index is 0.000000241. The van der Waals surface area contributed by atoms with E-state index in [1.807, 2.05) is 69.6 Å². The van der Waals surface area contributed by atoms with Gasteiger partial charge in [-0.05, 0) is 61.7 Å². The fourth-order valence-corrected chi connectivity index (χ4v) is 2.04. The third-order valence-electron chi connectivity index (χ3n) is 3.40. The average molecular weight is 348 g/mol. The van der Waals surface area contributed by atoms with E-state index in [1.54, 1.807) is 6.20 Å². The smallest absolute Gasteiger partial charge is 0.0886 e. The SMILES string of the molecule is CC.CC/C=C\c1ncccc1C.Cc1ccc(-c2ccccn2)nc1. The first kappa shape index (κ1) is 21.2. The number of allylic oxidation sites excluding steroid dienone is 1. The summed E-state index contributed by atoms with van der Waals surface area (Å²) in [5, 5.41) is 0. The van der Waals surface area contributed by atoms with Gasteiger partial charge in [-0.2, -0.15) is 0 Å². The first-order valence-corrected chi connectivity index (χ1v) is 9.13. The normalized spacial score (nSPS) is 9.73. The predicted octanol–water partition coefficient (Wildman–Crippen LogP) is 6.29. The molecule has 0 atom stereocenters. The maximum absolute atomic E-state index is 4.29. The molecule has 0 bridgehead atoms. The van der Waals surface area contributed by atoms with Crippen LogP contribution in [0.4, 0.5) is 0 Å². The van der Waals surface area contributed by atoms with Crippen LogP contribution in [-0.2, 0) is 0 Å². The summed E-state index contributed by atoms with van der Waals surface area (Å²) in [6.45, 7) is 10.2. The van der Waals surface area contributed by atoms with Gasteiger partial charge in [-0.25, -0.2) is 0 Å². The van der Waals surface area contributed by atoms with Gasteiger partial charge in [0.05, 0.1) is 17.1 Å². The van der Waals surface area contributed by atoms with Gasteiger partial charge in [0, 0.05) is 18.6 Å². The highest BCUT2D eigenvalue weighted by atomic mass is 14.8. The molecule has 0 radical (unpaired) electrons. The van der Waals surface area contributed by atoms with Gasteiger partial charge < -0.3 is 0 Å². The molecule has 3 rings (SSSR count). The lowest BCUT2D eigenvalue weighted by Crippen LogP contribution is -1.85. The first-order chi connectivity index (χ1) is 12.7. The summed E-state index contributed by atoms with van der Waals surface area (Å²) in [4.78, 5) is 12.7. The van der Waals surface area contributed by atoms with Gasteiger partial charge in [0.1, 0.15) is 0 Å². The molecule has 0 aliphatic carbocycles. The van der Waals surface area contributed by atoms with Crippen molar-refractivity contribution < 1.29 is 0 Å². The topological polar surface area (TPSA) is 38.7 Å². The molecular formula is C23H29N3. The zero-order valence-electron chi connectivity index (χ0n) is 16.5. The summed E-state index contributed by atoms with van der Waals surface area (Å²) in [5.74, 6) is 0. The van der Waals surface area contributed by atoms with E-state index in [2.05, 4.69) is 47.0 Å². The van der Waals surface area contributed by atoms with E-state index < -0.39 is 0 Å². The Hall–Kier alpha value is -2.81. The standard InChI is InChI=1S/C11H10N2.C10H13N.C2H6/c1-9-5-6-11(13-8-9)10-4-2-3-7-12-10;1-3-4-7-10-9(2)6-5-8-11-10;1-2/h2-8H,1H3;4-8H,3H2,1-2H3;1-2H3/b;7-4-;. The summed E-state index contributed by atoms with van der Waals surface area (Å²) in [6.07, 6.45) is 10.7. The van der Waals surface area contributed by atoms with Crippen LogP contribution in [0.25, 0.3) is 17.5 Å². The van der Waals surface area contributed by atoms with Gasteiger partial charge in [-0.15, -0.1) is 0 Å². The molecule has 3 heterocycles. The van der Waals surface area contributed by atoms with Crippen molar-refractivity contribution in [2.24, 2.45) is 0 Å². The second kappa shape index (κ2) is 12.5. The van der Waals surface area contributed by atoms with E-state index in [9.17, 15) is 0 Å². The number of rotatable bonds is 3. The molecule has 0 saturated carbocycles. The fourth-order valence-electron chi connectivity index (χ4n) is 2.04. The van der Waals surface area contributed by atoms with Crippen molar-refractivity contribution in [2.45, 2.75) is 41.0 Å². The third kappa shape index (κ3) is 7.39. The molecule has 0 saturated heterocycles. The molecule has 0 aliphatic rings. The van der Waals surface area contributed by atoms with Crippen molar-refractivity contribution >= 4 is 6.08 Å². The largest absolute Gasteiger partial charge is 0.257 e. The van der Waals surface area contributed by atoms with Crippen LogP contribution in [0.3, 0.4) is 0 Å². The van der Waals surface area contributed by atoms with Gasteiger partial charge >= 0.3 is 0 Å². The zero-order chi connectivity index (χ0) is 19.2. The minimum Gasteiger partial charge on any atom is -0.257 e. The average Bonchev–Trinajstić information content (AvgIpc) is 2.71. The lowest BCUT2D eigenvalue weighted by atomic mass is 10.2. The van der Waals surface area contributed by atoms with Crippen LogP contribution >= 0.6 is 0 Å². The molecule has 0 unspecified atom stereocenters. The molecule has 136 valence electrons. The van der Waals surface area contributed by atoms with E-state index in [-0.39, 0.29) is 0 Å². The van der Waals surface area contributed by atoms with E-state index >= 15 is 0 Å². The van der Waals surface area contributed by atoms with Crippen LogP contribution in [0.15, 0.2) is 67.1 Å². The van der Waals surface area contributed by atoms with Crippen LogP contribution < -0.4 is 0 Å². The Morgan fingerprint density at radius 1 is 0.808 bits per heavy atom. The summed E-state index contributed by atoms with van der Waals surface area (Å²) in [6, 6.07) is 13.9. The van der Waals surface area contributed by atoms with Crippen molar-refractivity contribution in [3.8, 4) is 11.4 Å². The zero-order valence-corrected chi connectivity index (χ0v) is 16.5. The third-order valence-corrected chi connectivity index (χ3v) is 3.40. The van der Waals surface area contributed by atoms with Crippen molar-refractivity contribution in [1.82, 2.24) is 15.0 Å². The summed E-state index contributed by atoms with van der Waals surface area (Å²) in [7, 11) is 0. The molecule has 3 aromatic heterocycles. The molecule has 3 aromatic rings. The molecule has 3 nitrogen and oxygen atoms in total. The Morgan fingerprint density at radius 3 is 2.12 bits per heavy atom. The molecule has 0 amide bonds. The molecule has 0 spiro atoms. The second-order valence-corrected chi connectivity index (χ2v) is 5.45. The molecule has 0 aromatic carbocycles. The Bertz CT molecular complexity index is 763. The van der Waals surface area contributed by atoms with E-state index in [0.717, 1.165) is 23.5 Å². The highest BCUT2D eigenvalue weighted by Crippen LogP contribution is 2.12. The van der Waals surface area contributed by atoms with E-state index in [4.69, 9.17) is 0 Å². The van der Waals surface area contributed by atoms with Crippen LogP contribution in [0, 0.1) is 13.8 Å². The van der Waals surface area contributed by atoms with Crippen molar-refractivity contribution in [3.05, 3.63) is 84.0 Å². The highest BCUT2D eigenvalue weighted by Gasteiger charge is 1.97. The Kier molecular flexibility index (Phi) is 10.2. The quantitative estimate of drug-likeness (QED) is 0.558. The summed E-state index contributed by atoms with van der Waals surface area (Å²) >= 11 is 0. The minimum absolute atomic E-state index is 0.919. The lowest BCUT2D eigenvalue weighted by Gasteiger charge is -1.98. The van der Waals surface area contributed by atoms with Gasteiger partial charge in [0.15, 0.2) is 0 Å². The number of nitrogens with zero attached hydrogens (tertiary/aromatic N) is 3. The molecule has 3 heteroatoms. The maximum atomic E-state index is 4.29. The van der Waals surface area contributed by atoms with E-state index in [1.165, 1.54) is 11.1 Å². The molecule has 0 fully saturated rings. The number of aryl methyl sites for hydroxylation is 2. The highest BCUT2D eigenvalue weighted by molar-refractivity contribution is 5.53. The fraction of sp³-hybridized carbons (Fsp3) is 0.261. The van der Waals surface area contributed by atoms with Gasteiger partial charge in [0.2, 0.25) is 0 Å². The monoisotopic (exact) mass is 347 g/mol. The minimum atomic E-state index is 0.919. The van der Waals surface area contributed by atoms with Gasteiger partial charge in [-0.3, -0.25) is 15.0 Å². The van der Waals surface area contributed by atoms with E-state index in [0.29, 0.717) is 0 Å². The van der Waals surface area contributed by atoms with Gasteiger partial charge in [0.25, 0.3) is 0 Å². The molecular weight excluding hydrogens is 318 g/mol. The van der Waals surface area contributed by atoms with Crippen molar-refractivity contribution in [3.63, 3.8) is 0 Å². The Labute approximate surface area is 157 Å². The van der Waals surface area contributed by atoms with Crippen molar-refractivity contribution in [2.75, 3.05) is 0 Å². The number of pyridine rings is 3. The first-order valence-electron chi connectivity index (χ1n) is 9.13. The predicted molar refractivity (Wildman–Crippen MR) is 112 cm³/mol. The van der Waals surface area contributed by atoms with Crippen molar-refractivity contribution in [1.29, 1.82) is 0 Å². The molecule has 0 N–H and O–H groups in total. The van der Waals surface area contributed by atoms with Crippen LogP contribution in [0.5, 0.6) is 0 Å². The number of hydrogen-bond acceptors (Lipinski definition) is 3. The maximum Gasteiger partial charge on any atom is 0.0886 e. The number of hydrogen-bond donors (Lipinski definition) is 0. The summed E-state index contributed by atoms with van der Waals surface area (Å²) in [5.41, 5.74) is 5.32. The lowest BCUT2D eigenvalue weighted by molar-refractivity contribution is 1.20. The summed E-state index contributed by atoms with van der Waals surface area (Å²) < 4.78 is 0.